The largest absolute Gasteiger partial charge is 0.484 e. The number of amides is 6. The Morgan fingerprint density at radius 2 is 0.841 bits per heavy atom. The van der Waals surface area contributed by atoms with E-state index in [1.165, 1.54) is 118 Å². The molecule has 29 heteroatoms. The normalized spacial score (nSPS) is 11.2. The first kappa shape index (κ1) is 96.6. The van der Waals surface area contributed by atoms with Gasteiger partial charge in [0.15, 0.2) is 45.4 Å². The van der Waals surface area contributed by atoms with Crippen LogP contribution in [0, 0.1) is 10.1 Å². The van der Waals surface area contributed by atoms with E-state index in [4.69, 9.17) is 28.4 Å². The molecule has 1 aromatic heterocycles. The molecule has 656 valence electrons. The summed E-state index contributed by atoms with van der Waals surface area (Å²) in [7, 11) is 0. The molecule has 23 nitrogen and oxygen atoms in total. The van der Waals surface area contributed by atoms with Crippen LogP contribution in [0.4, 0.5) is 49.1 Å². The Morgan fingerprint density at radius 3 is 1.34 bits per heavy atom. The van der Waals surface area contributed by atoms with Crippen molar-refractivity contribution < 1.29 is 93.2 Å². The predicted octanol–water partition coefficient (Wildman–Crippen LogP) is 19.7. The first-order chi connectivity index (χ1) is 60.8. The number of aromatic nitrogens is 1. The lowest BCUT2D eigenvalue weighted by atomic mass is 10.1. The summed E-state index contributed by atoms with van der Waals surface area (Å²) >= 11 is 0. The Bertz CT molecular complexity index is 5310. The highest BCUT2D eigenvalue weighted by Crippen LogP contribution is 2.36. The molecule has 0 atom stereocenters. The third-order valence-electron chi connectivity index (χ3n) is 18.0. The molecule has 0 unspecified atom stereocenters. The van der Waals surface area contributed by atoms with E-state index < -0.39 is 59.3 Å². The quantitative estimate of drug-likeness (QED) is 0.00750. The summed E-state index contributed by atoms with van der Waals surface area (Å²) in [6, 6.07) is 85.6. The number of pyridine rings is 1. The van der Waals surface area contributed by atoms with Crippen molar-refractivity contribution in [1.82, 2.24) is 20.9 Å². The number of unbranched alkanes of at least 4 members (excludes halogenated alkanes) is 3. The molecular weight excluding hydrogens is 1630 g/mol. The molecule has 12 aromatic rings. The van der Waals surface area contributed by atoms with Crippen LogP contribution in [-0.4, -0.2) is 103 Å². The van der Waals surface area contributed by atoms with Gasteiger partial charge in [0.2, 0.25) is 0 Å². The Balaban J connectivity index is 0.000000189. The molecule has 0 radical (unpaired) electrons. The lowest BCUT2D eigenvalue weighted by Gasteiger charge is -2.14. The number of halogens is 6. The lowest BCUT2D eigenvalue weighted by molar-refractivity contribution is -0.384. The van der Waals surface area contributed by atoms with Gasteiger partial charge in [0, 0.05) is 54.1 Å². The van der Waals surface area contributed by atoms with Gasteiger partial charge in [-0.1, -0.05) is 215 Å². The highest BCUT2D eigenvalue weighted by Gasteiger charge is 2.35. The fourth-order valence-electron chi connectivity index (χ4n) is 11.8. The molecule has 1 aliphatic carbocycles. The molecule has 1 saturated carbocycles. The van der Waals surface area contributed by atoms with E-state index >= 15 is 0 Å². The van der Waals surface area contributed by atoms with Gasteiger partial charge in [0.05, 0.1) is 27.4 Å². The minimum atomic E-state index is -4.56. The Kier molecular flexibility index (Phi) is 40.2. The number of anilines is 3. The van der Waals surface area contributed by atoms with Crippen molar-refractivity contribution in [3.05, 3.63) is 342 Å². The van der Waals surface area contributed by atoms with Gasteiger partial charge < -0.3 is 60.3 Å². The molecule has 1 heterocycles. The average molecular weight is 1730 g/mol. The molecule has 1 fully saturated rings. The number of hydrogen-bond donors (Lipinski definition) is 6. The minimum absolute atomic E-state index is 0.0178. The van der Waals surface area contributed by atoms with Crippen LogP contribution in [-0.2, 0) is 47.7 Å². The number of alkyl halides is 6. The summed E-state index contributed by atoms with van der Waals surface area (Å²) in [4.78, 5) is 95.8. The SMILES string of the molecule is CC(=O)c1ccc(OCC(=O)Nc2ccccc2C(F)(F)F)cc1.CCCCCCNC(=O)COc1ccccc1.O=C(COc1ccc(-c2ccccc2)cc1)Nc1ccccc1C(F)(F)F.O=C(COc1cccc2cccnc12)Nc1cccc([N+](=O)[O-])c1.O=C(COc1ccccc1)NC1CCCC1.O=C(COc1ccccc1)NCc1ccccc1. The summed E-state index contributed by atoms with van der Waals surface area (Å²) in [5.74, 6) is 1.36. The molecule has 126 heavy (non-hydrogen) atoms. The zero-order valence-electron chi connectivity index (χ0n) is 69.1. The maximum Gasteiger partial charge on any atom is 0.418 e. The number of nitro groups is 1. The van der Waals surface area contributed by atoms with Gasteiger partial charge in [-0.3, -0.25) is 48.7 Å². The summed E-state index contributed by atoms with van der Waals surface area (Å²) in [6.07, 6.45) is 1.88. The number of nitrogens with zero attached hydrogens (tertiary/aromatic N) is 2. The number of nitrogens with one attached hydrogen (secondary N) is 6. The van der Waals surface area contributed by atoms with Crippen LogP contribution in [0.3, 0.4) is 0 Å². The van der Waals surface area contributed by atoms with Crippen molar-refractivity contribution in [2.45, 2.75) is 90.2 Å². The zero-order valence-corrected chi connectivity index (χ0v) is 69.1. The van der Waals surface area contributed by atoms with E-state index in [9.17, 15) is 70.0 Å². The van der Waals surface area contributed by atoms with Crippen LogP contribution >= 0.6 is 0 Å². The van der Waals surface area contributed by atoms with Crippen LogP contribution in [0.5, 0.6) is 34.5 Å². The maximum absolute atomic E-state index is 12.9. The van der Waals surface area contributed by atoms with Crippen molar-refractivity contribution in [3.8, 4) is 45.6 Å². The minimum Gasteiger partial charge on any atom is -0.484 e. The maximum atomic E-state index is 12.9. The van der Waals surface area contributed by atoms with Crippen LogP contribution in [0.2, 0.25) is 0 Å². The van der Waals surface area contributed by atoms with Crippen molar-refractivity contribution in [3.63, 3.8) is 0 Å². The summed E-state index contributed by atoms with van der Waals surface area (Å²) in [5.41, 5.74) is 2.08. The number of para-hydroxylation sites is 6. The van der Waals surface area contributed by atoms with E-state index in [0.29, 0.717) is 52.4 Å². The van der Waals surface area contributed by atoms with Crippen LogP contribution in [0.1, 0.15) is 92.3 Å². The summed E-state index contributed by atoms with van der Waals surface area (Å²) < 4.78 is 109. The summed E-state index contributed by atoms with van der Waals surface area (Å²) in [5, 5.41) is 27.3. The molecule has 0 saturated heterocycles. The first-order valence-corrected chi connectivity index (χ1v) is 40.2. The van der Waals surface area contributed by atoms with Gasteiger partial charge in [-0.05, 0) is 158 Å². The fourth-order valence-corrected chi connectivity index (χ4v) is 11.8. The molecule has 1 aliphatic rings. The Labute approximate surface area is 725 Å². The number of carbonyl (C=O) groups excluding carboxylic acids is 7. The smallest absolute Gasteiger partial charge is 0.418 e. The van der Waals surface area contributed by atoms with E-state index in [-0.39, 0.29) is 67.0 Å². The average Bonchev–Trinajstić information content (AvgIpc) is 0.940. The molecule has 6 N–H and O–H groups in total. The zero-order chi connectivity index (χ0) is 90.2. The highest BCUT2D eigenvalue weighted by atomic mass is 19.4. The van der Waals surface area contributed by atoms with Gasteiger partial charge in [0.1, 0.15) is 40.0 Å². The van der Waals surface area contributed by atoms with Crippen LogP contribution in [0.15, 0.2) is 310 Å². The van der Waals surface area contributed by atoms with Crippen LogP contribution < -0.4 is 60.3 Å². The second kappa shape index (κ2) is 52.4. The Morgan fingerprint density at radius 1 is 0.421 bits per heavy atom. The number of ether oxygens (including phenoxy) is 6. The first-order valence-electron chi connectivity index (χ1n) is 40.2. The van der Waals surface area contributed by atoms with E-state index in [1.54, 1.807) is 30.5 Å². The lowest BCUT2D eigenvalue weighted by Crippen LogP contribution is -2.36. The van der Waals surface area contributed by atoms with Gasteiger partial charge in [-0.2, -0.15) is 26.3 Å². The molecule has 0 bridgehead atoms. The second-order valence-electron chi connectivity index (χ2n) is 27.7. The number of carbonyl (C=O) groups is 7. The number of non-ortho nitro benzene ring substituents is 1. The van der Waals surface area contributed by atoms with E-state index in [2.05, 4.69) is 43.8 Å². The third-order valence-corrected chi connectivity index (χ3v) is 18.0. The third kappa shape index (κ3) is 36.4. The number of ketones is 1. The van der Waals surface area contributed by atoms with E-state index in [1.807, 2.05) is 188 Å². The molecular formula is C97H96F6N8O15. The monoisotopic (exact) mass is 1730 g/mol. The Hall–Kier alpha value is -14.9. The standard InChI is InChI=1S/C21H16F3NO2.C17H14F3NO3.C17H13N3O4.C15H15NO2.C14H21NO2.C13H17NO2/c22-21(23,24)18-8-4-5-9-19(18)25-20(26)14-27-17-12-10-16(11-13-17)15-6-2-1-3-7-15;1-11(22)12-6-8-13(9-7-12)24-10-16(23)21-15-5-3-2-4-14(15)17(18,19)20;21-16(19-13-6-2-7-14(10-13)20(22)23)11-24-15-8-1-4-12-5-3-9-18-17(12)15;17-15(12-18-14-9-5-2-6-10-14)16-11-13-7-3-1-4-8-13;1-2-3-4-8-11-15-14(16)12-17-13-9-6-5-7-10-13;15-13(14-11-6-4-5-7-11)10-16-12-8-2-1-3-9-12/h1-13H,14H2,(H,25,26);2-9H,10H2,1H3,(H,21,23);1-10H,11H2,(H,19,21);1-10H,11-12H2,(H,16,17);5-7,9-10H,2-4,8,11-12H2,1H3,(H,15,16);1-3,8-9,11H,4-7,10H2,(H,14,15). The number of fused-ring (bicyclic) bond motifs is 1. The molecule has 11 aromatic carbocycles. The molecule has 0 aliphatic heterocycles. The van der Waals surface area contributed by atoms with Gasteiger partial charge >= 0.3 is 12.4 Å². The number of benzene rings is 11. The number of rotatable bonds is 32. The second-order valence-corrected chi connectivity index (χ2v) is 27.7. The van der Waals surface area contributed by atoms with Crippen LogP contribution in [0.25, 0.3) is 22.0 Å². The van der Waals surface area contributed by atoms with Gasteiger partial charge in [-0.25, -0.2) is 0 Å². The van der Waals surface area contributed by atoms with Crippen molar-refractivity contribution >= 4 is 74.9 Å². The summed E-state index contributed by atoms with van der Waals surface area (Å²) in [6.45, 7) is 4.04. The van der Waals surface area contributed by atoms with Crippen molar-refractivity contribution in [2.24, 2.45) is 0 Å². The molecule has 13 rings (SSSR count). The highest BCUT2D eigenvalue weighted by molar-refractivity contribution is 5.95. The van der Waals surface area contributed by atoms with Crippen molar-refractivity contribution in [1.29, 1.82) is 0 Å². The topological polar surface area (TPSA) is 303 Å². The van der Waals surface area contributed by atoms with Crippen molar-refractivity contribution in [2.75, 3.05) is 62.1 Å². The predicted molar refractivity (Wildman–Crippen MR) is 470 cm³/mol. The van der Waals surface area contributed by atoms with Gasteiger partial charge in [0.25, 0.3) is 41.1 Å². The molecule has 6 amide bonds. The number of nitro benzene ring substituents is 1. The van der Waals surface area contributed by atoms with Gasteiger partial charge in [-0.15, -0.1) is 0 Å². The fraction of sp³-hybridized carbons (Fsp3) is 0.216. The van der Waals surface area contributed by atoms with E-state index in [0.717, 1.165) is 71.5 Å². The number of Topliss-reactive ketones (excluding diaryl/α,β-unsaturated/α-hetero) is 1. The number of hydrogen-bond acceptors (Lipinski definition) is 16. The molecule has 0 spiro atoms.